The minimum Gasteiger partial charge on any atom is -0.497 e. The lowest BCUT2D eigenvalue weighted by Crippen LogP contribution is -2.44. The third kappa shape index (κ3) is 1.84. The van der Waals surface area contributed by atoms with Crippen LogP contribution < -0.4 is 9.47 Å². The summed E-state index contributed by atoms with van der Waals surface area (Å²) >= 11 is 0. The maximum Gasteiger partial charge on any atom is 0.124 e. The summed E-state index contributed by atoms with van der Waals surface area (Å²) < 4.78 is 11.3. The monoisotopic (exact) mass is 297 g/mol. The number of methoxy groups -OCH3 is 1. The van der Waals surface area contributed by atoms with Crippen molar-refractivity contribution in [2.75, 3.05) is 27.4 Å². The van der Waals surface area contributed by atoms with Crippen molar-refractivity contribution in [2.45, 2.75) is 11.5 Å². The summed E-state index contributed by atoms with van der Waals surface area (Å²) in [6.07, 6.45) is 0. The van der Waals surface area contributed by atoms with Crippen molar-refractivity contribution in [3.05, 3.63) is 59.7 Å². The average Bonchev–Trinajstić information content (AvgIpc) is 2.93. The number of hydrogen-bond acceptors (Lipinski definition) is 4. The number of nitrogens with zero attached hydrogens (tertiary/aromatic N) is 1. The van der Waals surface area contributed by atoms with Gasteiger partial charge in [0.05, 0.1) is 25.2 Å². The molecule has 4 heteroatoms. The van der Waals surface area contributed by atoms with E-state index in [0.717, 1.165) is 11.5 Å². The highest BCUT2D eigenvalue weighted by atomic mass is 16.7. The molecule has 22 heavy (non-hydrogen) atoms. The molecule has 0 spiro atoms. The summed E-state index contributed by atoms with van der Waals surface area (Å²) in [5.74, 6) is 1.81. The quantitative estimate of drug-likeness (QED) is 0.853. The van der Waals surface area contributed by atoms with Crippen LogP contribution in [-0.2, 0) is 10.3 Å². The van der Waals surface area contributed by atoms with Crippen molar-refractivity contribution in [1.29, 1.82) is 0 Å². The largest absolute Gasteiger partial charge is 0.497 e. The molecule has 114 valence electrons. The third-order valence-electron chi connectivity index (χ3n) is 4.78. The van der Waals surface area contributed by atoms with Gasteiger partial charge in [-0.2, -0.15) is 5.06 Å². The predicted octanol–water partition coefficient (Wildman–Crippen LogP) is 2.94. The first kappa shape index (κ1) is 13.6. The number of hydrogen-bond donors (Lipinski definition) is 0. The number of rotatable bonds is 2. The highest BCUT2D eigenvalue weighted by Gasteiger charge is 2.53. The molecule has 4 nitrogen and oxygen atoms in total. The highest BCUT2D eigenvalue weighted by molar-refractivity contribution is 5.45. The van der Waals surface area contributed by atoms with Gasteiger partial charge in [0, 0.05) is 12.6 Å². The van der Waals surface area contributed by atoms with E-state index in [9.17, 15) is 0 Å². The molecule has 2 aromatic carbocycles. The van der Waals surface area contributed by atoms with Crippen LogP contribution in [0.5, 0.6) is 11.5 Å². The van der Waals surface area contributed by atoms with Crippen molar-refractivity contribution in [3.63, 3.8) is 0 Å². The zero-order chi connectivity index (χ0) is 15.2. The van der Waals surface area contributed by atoms with Gasteiger partial charge in [0.2, 0.25) is 0 Å². The van der Waals surface area contributed by atoms with Crippen LogP contribution in [0.25, 0.3) is 0 Å². The third-order valence-corrected chi connectivity index (χ3v) is 4.78. The number of benzene rings is 2. The van der Waals surface area contributed by atoms with Gasteiger partial charge in [-0.15, -0.1) is 0 Å². The van der Waals surface area contributed by atoms with Crippen LogP contribution in [0, 0.1) is 0 Å². The number of likely N-dealkylation sites (N-methyl/N-ethyl adjacent to an activating group) is 1. The molecule has 2 heterocycles. The van der Waals surface area contributed by atoms with Crippen LogP contribution in [0.15, 0.2) is 48.5 Å². The zero-order valence-electron chi connectivity index (χ0n) is 12.8. The molecule has 2 unspecified atom stereocenters. The molecule has 2 aromatic rings. The molecule has 0 bridgehead atoms. The maximum atomic E-state index is 6.06. The Balaban J connectivity index is 1.82. The summed E-state index contributed by atoms with van der Waals surface area (Å²) in [5, 5.41) is 1.96. The van der Waals surface area contributed by atoms with Gasteiger partial charge in [0.25, 0.3) is 0 Å². The van der Waals surface area contributed by atoms with Gasteiger partial charge in [-0.25, -0.2) is 0 Å². The Bertz CT molecular complexity index is 685. The fourth-order valence-electron chi connectivity index (χ4n) is 3.62. The molecule has 2 aliphatic heterocycles. The van der Waals surface area contributed by atoms with E-state index in [1.54, 1.807) is 7.11 Å². The molecule has 0 amide bonds. The minimum atomic E-state index is -0.185. The summed E-state index contributed by atoms with van der Waals surface area (Å²) in [6, 6.07) is 16.6. The van der Waals surface area contributed by atoms with E-state index in [0.29, 0.717) is 13.2 Å². The Hall–Kier alpha value is -2.04. The maximum absolute atomic E-state index is 6.06. The molecular weight excluding hydrogens is 278 g/mol. The Morgan fingerprint density at radius 1 is 1.09 bits per heavy atom. The predicted molar refractivity (Wildman–Crippen MR) is 83.1 cm³/mol. The average molecular weight is 297 g/mol. The number of ether oxygens (including phenoxy) is 2. The summed E-state index contributed by atoms with van der Waals surface area (Å²) in [5.41, 5.74) is 2.22. The van der Waals surface area contributed by atoms with Gasteiger partial charge < -0.3 is 9.47 Å². The fourth-order valence-corrected chi connectivity index (χ4v) is 3.62. The summed E-state index contributed by atoms with van der Waals surface area (Å²) in [7, 11) is 3.68. The van der Waals surface area contributed by atoms with Crippen LogP contribution in [0.4, 0.5) is 0 Å². The van der Waals surface area contributed by atoms with Crippen LogP contribution in [0.2, 0.25) is 0 Å². The number of hydroxylamine groups is 2. The lowest BCUT2D eigenvalue weighted by Gasteiger charge is -2.40. The molecule has 0 aromatic heterocycles. The first-order valence-electron chi connectivity index (χ1n) is 7.47. The second kappa shape index (κ2) is 5.00. The molecule has 1 fully saturated rings. The van der Waals surface area contributed by atoms with Crippen molar-refractivity contribution in [2.24, 2.45) is 0 Å². The molecule has 2 atom stereocenters. The van der Waals surface area contributed by atoms with E-state index in [4.69, 9.17) is 14.3 Å². The van der Waals surface area contributed by atoms with E-state index in [-0.39, 0.29) is 11.5 Å². The Labute approximate surface area is 130 Å². The Morgan fingerprint density at radius 2 is 1.86 bits per heavy atom. The molecule has 0 radical (unpaired) electrons. The first-order chi connectivity index (χ1) is 10.7. The van der Waals surface area contributed by atoms with Gasteiger partial charge in [0.15, 0.2) is 0 Å². The molecule has 2 aliphatic rings. The van der Waals surface area contributed by atoms with Crippen molar-refractivity contribution in [1.82, 2.24) is 5.06 Å². The lowest BCUT2D eigenvalue weighted by atomic mass is 9.72. The summed E-state index contributed by atoms with van der Waals surface area (Å²) in [6.45, 7) is 1.24. The molecule has 4 rings (SSSR count). The van der Waals surface area contributed by atoms with Crippen LogP contribution >= 0.6 is 0 Å². The van der Waals surface area contributed by atoms with Gasteiger partial charge >= 0.3 is 0 Å². The minimum absolute atomic E-state index is 0.158. The molecule has 1 saturated heterocycles. The van der Waals surface area contributed by atoms with Crippen molar-refractivity contribution >= 4 is 0 Å². The van der Waals surface area contributed by atoms with Crippen LogP contribution in [-0.4, -0.2) is 32.4 Å². The number of fused-ring (bicyclic) bond motifs is 3. The molecule has 0 aliphatic carbocycles. The van der Waals surface area contributed by atoms with Crippen LogP contribution in [0.3, 0.4) is 0 Å². The standard InChI is InChI=1S/C18H19NO3/c1-19-17-15-5-3-4-6-16(15)21-11-18(17,12-22-19)13-7-9-14(20-2)10-8-13/h3-10,17H,11-12H2,1-2H3. The highest BCUT2D eigenvalue weighted by Crippen LogP contribution is 2.51. The molecular formula is C18H19NO3. The van der Waals surface area contributed by atoms with Crippen molar-refractivity contribution < 1.29 is 14.3 Å². The van der Waals surface area contributed by atoms with Crippen LogP contribution in [0.1, 0.15) is 17.2 Å². The van der Waals surface area contributed by atoms with E-state index in [1.165, 1.54) is 11.1 Å². The Morgan fingerprint density at radius 3 is 2.64 bits per heavy atom. The smallest absolute Gasteiger partial charge is 0.124 e. The van der Waals surface area contributed by atoms with E-state index in [2.05, 4.69) is 24.3 Å². The second-order valence-electron chi connectivity index (χ2n) is 5.93. The molecule has 0 saturated carbocycles. The van der Waals surface area contributed by atoms with Gasteiger partial charge in [0.1, 0.15) is 18.1 Å². The SMILES string of the molecule is COc1ccc(C23COc4ccccc4C2N(C)OC3)cc1. The second-order valence-corrected chi connectivity index (χ2v) is 5.93. The first-order valence-corrected chi connectivity index (χ1v) is 7.47. The van der Waals surface area contributed by atoms with E-state index < -0.39 is 0 Å². The van der Waals surface area contributed by atoms with Gasteiger partial charge in [-0.05, 0) is 23.8 Å². The number of para-hydroxylation sites is 1. The lowest BCUT2D eigenvalue weighted by molar-refractivity contribution is -0.111. The van der Waals surface area contributed by atoms with E-state index >= 15 is 0 Å². The van der Waals surface area contributed by atoms with E-state index in [1.807, 2.05) is 36.4 Å². The zero-order valence-corrected chi connectivity index (χ0v) is 12.8. The van der Waals surface area contributed by atoms with Gasteiger partial charge in [-0.1, -0.05) is 30.3 Å². The normalized spacial score (nSPS) is 26.9. The Kier molecular flexibility index (Phi) is 3.10. The van der Waals surface area contributed by atoms with Gasteiger partial charge in [-0.3, -0.25) is 4.84 Å². The molecule has 0 N–H and O–H groups in total. The topological polar surface area (TPSA) is 30.9 Å². The summed E-state index contributed by atoms with van der Waals surface area (Å²) in [4.78, 5) is 5.89. The fraction of sp³-hybridized carbons (Fsp3) is 0.333. The van der Waals surface area contributed by atoms with Crippen molar-refractivity contribution in [3.8, 4) is 11.5 Å².